The van der Waals surface area contributed by atoms with E-state index in [0.29, 0.717) is 31.7 Å². The fraction of sp³-hybridized carbons (Fsp3) is 0.292. The van der Waals surface area contributed by atoms with Gasteiger partial charge in [-0.15, -0.1) is 0 Å². The van der Waals surface area contributed by atoms with E-state index in [9.17, 15) is 29.1 Å². The molecule has 2 aliphatic heterocycles. The van der Waals surface area contributed by atoms with E-state index in [2.05, 4.69) is 0 Å². The quantitative estimate of drug-likeness (QED) is 0.669. The Morgan fingerprint density at radius 1 is 0.788 bits per heavy atom. The SMILES string of the molecule is O=C(O)[C@H](CCC(=O)N1CCN(C(=O)c2ccccc2)CC1)N1C(=O)c2ccccc2C1=O. The smallest absolute Gasteiger partial charge is 0.326 e. The molecule has 0 bridgehead atoms. The zero-order valence-corrected chi connectivity index (χ0v) is 17.8. The third-order valence-corrected chi connectivity index (χ3v) is 5.99. The van der Waals surface area contributed by atoms with E-state index in [-0.39, 0.29) is 35.8 Å². The van der Waals surface area contributed by atoms with Gasteiger partial charge >= 0.3 is 5.97 Å². The van der Waals surface area contributed by atoms with Gasteiger partial charge < -0.3 is 14.9 Å². The van der Waals surface area contributed by atoms with Gasteiger partial charge in [-0.3, -0.25) is 24.1 Å². The van der Waals surface area contributed by atoms with Crippen molar-refractivity contribution >= 4 is 29.6 Å². The second-order valence-corrected chi connectivity index (χ2v) is 7.96. The van der Waals surface area contributed by atoms with Crippen molar-refractivity contribution in [2.24, 2.45) is 0 Å². The number of amides is 4. The van der Waals surface area contributed by atoms with Gasteiger partial charge in [-0.25, -0.2) is 4.79 Å². The predicted octanol–water partition coefficient (Wildman–Crippen LogP) is 1.50. The summed E-state index contributed by atoms with van der Waals surface area (Å²) in [5.74, 6) is -3.04. The molecule has 2 aliphatic rings. The van der Waals surface area contributed by atoms with Gasteiger partial charge in [0.1, 0.15) is 6.04 Å². The molecule has 1 N–H and O–H groups in total. The summed E-state index contributed by atoms with van der Waals surface area (Å²) >= 11 is 0. The van der Waals surface area contributed by atoms with Crippen LogP contribution in [0.25, 0.3) is 0 Å². The van der Waals surface area contributed by atoms with Crippen molar-refractivity contribution in [1.29, 1.82) is 0 Å². The first-order valence-corrected chi connectivity index (χ1v) is 10.7. The van der Waals surface area contributed by atoms with Crippen LogP contribution in [0.4, 0.5) is 0 Å². The molecule has 9 heteroatoms. The molecule has 1 fully saturated rings. The van der Waals surface area contributed by atoms with Gasteiger partial charge in [0.25, 0.3) is 17.7 Å². The average Bonchev–Trinajstić information content (AvgIpc) is 3.09. The van der Waals surface area contributed by atoms with Crippen molar-refractivity contribution in [2.45, 2.75) is 18.9 Å². The number of nitrogens with zero attached hydrogens (tertiary/aromatic N) is 3. The molecule has 1 saturated heterocycles. The third-order valence-electron chi connectivity index (χ3n) is 5.99. The van der Waals surface area contributed by atoms with Gasteiger partial charge in [0, 0.05) is 38.2 Å². The van der Waals surface area contributed by atoms with Crippen LogP contribution in [0.15, 0.2) is 54.6 Å². The Bertz CT molecular complexity index is 1070. The number of benzene rings is 2. The lowest BCUT2D eigenvalue weighted by Crippen LogP contribution is -2.51. The van der Waals surface area contributed by atoms with E-state index in [1.807, 2.05) is 6.07 Å². The van der Waals surface area contributed by atoms with E-state index in [0.717, 1.165) is 4.90 Å². The lowest BCUT2D eigenvalue weighted by Gasteiger charge is -2.35. The minimum atomic E-state index is -1.43. The van der Waals surface area contributed by atoms with Crippen LogP contribution in [0.2, 0.25) is 0 Å². The van der Waals surface area contributed by atoms with Crippen LogP contribution in [0.3, 0.4) is 0 Å². The van der Waals surface area contributed by atoms with E-state index in [1.165, 1.54) is 12.1 Å². The molecule has 1 atom stereocenters. The number of aliphatic carboxylic acids is 1. The monoisotopic (exact) mass is 449 g/mol. The van der Waals surface area contributed by atoms with Gasteiger partial charge in [0.05, 0.1) is 11.1 Å². The molecule has 0 aromatic heterocycles. The molecular weight excluding hydrogens is 426 g/mol. The molecule has 2 aromatic rings. The molecule has 0 unspecified atom stereocenters. The number of carboxylic acids is 1. The number of piperazine rings is 1. The molecule has 170 valence electrons. The molecule has 33 heavy (non-hydrogen) atoms. The number of carboxylic acid groups (broad SMARTS) is 1. The summed E-state index contributed by atoms with van der Waals surface area (Å²) in [7, 11) is 0. The van der Waals surface area contributed by atoms with E-state index < -0.39 is 23.8 Å². The normalized spacial score (nSPS) is 16.5. The first kappa shape index (κ1) is 22.2. The maximum atomic E-state index is 12.7. The maximum absolute atomic E-state index is 12.7. The third kappa shape index (κ3) is 4.34. The van der Waals surface area contributed by atoms with Crippen molar-refractivity contribution < 1.29 is 29.1 Å². The summed E-state index contributed by atoms with van der Waals surface area (Å²) in [6.45, 7) is 1.42. The Morgan fingerprint density at radius 2 is 1.30 bits per heavy atom. The fourth-order valence-electron chi connectivity index (χ4n) is 4.19. The summed E-state index contributed by atoms with van der Waals surface area (Å²) < 4.78 is 0. The van der Waals surface area contributed by atoms with E-state index in [1.54, 1.807) is 46.2 Å². The summed E-state index contributed by atoms with van der Waals surface area (Å²) in [6.07, 6.45) is -0.306. The second-order valence-electron chi connectivity index (χ2n) is 7.96. The number of carbonyl (C=O) groups excluding carboxylic acids is 4. The molecule has 0 saturated carbocycles. The first-order valence-electron chi connectivity index (χ1n) is 10.7. The Kier molecular flexibility index (Phi) is 6.21. The minimum Gasteiger partial charge on any atom is -0.480 e. The van der Waals surface area contributed by atoms with Crippen molar-refractivity contribution in [3.63, 3.8) is 0 Å². The standard InChI is InChI=1S/C24H23N3O6/c28-20(25-12-14-26(15-13-25)21(29)16-6-2-1-3-7-16)11-10-19(24(32)33)27-22(30)17-8-4-5-9-18(17)23(27)31/h1-9,19H,10-15H2,(H,32,33)/t19-/m0/s1. The second kappa shape index (κ2) is 9.23. The molecule has 0 aliphatic carbocycles. The molecule has 0 spiro atoms. The van der Waals surface area contributed by atoms with Crippen molar-refractivity contribution in [3.8, 4) is 0 Å². The summed E-state index contributed by atoms with van der Waals surface area (Å²) in [5, 5.41) is 9.66. The van der Waals surface area contributed by atoms with E-state index in [4.69, 9.17) is 0 Å². The lowest BCUT2D eigenvalue weighted by atomic mass is 10.1. The van der Waals surface area contributed by atoms with Gasteiger partial charge in [-0.05, 0) is 30.7 Å². The van der Waals surface area contributed by atoms with Crippen LogP contribution in [-0.4, -0.2) is 81.6 Å². The number of carbonyl (C=O) groups is 5. The van der Waals surface area contributed by atoms with Gasteiger partial charge in [0.15, 0.2) is 0 Å². The highest BCUT2D eigenvalue weighted by molar-refractivity contribution is 6.22. The maximum Gasteiger partial charge on any atom is 0.326 e. The highest BCUT2D eigenvalue weighted by Gasteiger charge is 2.42. The van der Waals surface area contributed by atoms with Crippen LogP contribution in [-0.2, 0) is 9.59 Å². The molecule has 4 amide bonds. The molecule has 4 rings (SSSR count). The fourth-order valence-corrected chi connectivity index (χ4v) is 4.19. The number of hydrogen-bond donors (Lipinski definition) is 1. The largest absolute Gasteiger partial charge is 0.480 e. The number of hydrogen-bond acceptors (Lipinski definition) is 5. The van der Waals surface area contributed by atoms with Gasteiger partial charge in [-0.1, -0.05) is 30.3 Å². The van der Waals surface area contributed by atoms with Crippen LogP contribution in [0.1, 0.15) is 43.9 Å². The van der Waals surface area contributed by atoms with E-state index >= 15 is 0 Å². The van der Waals surface area contributed by atoms with Crippen LogP contribution in [0.5, 0.6) is 0 Å². The zero-order valence-electron chi connectivity index (χ0n) is 17.8. The average molecular weight is 449 g/mol. The van der Waals surface area contributed by atoms with Crippen molar-refractivity contribution in [1.82, 2.24) is 14.7 Å². The first-order chi connectivity index (χ1) is 15.9. The van der Waals surface area contributed by atoms with Crippen LogP contribution < -0.4 is 0 Å². The Morgan fingerprint density at radius 3 is 1.85 bits per heavy atom. The molecule has 2 aromatic carbocycles. The highest BCUT2D eigenvalue weighted by Crippen LogP contribution is 2.26. The molecule has 9 nitrogen and oxygen atoms in total. The Balaban J connectivity index is 1.34. The number of imide groups is 1. The van der Waals surface area contributed by atoms with Crippen LogP contribution in [0, 0.1) is 0 Å². The topological polar surface area (TPSA) is 115 Å². The van der Waals surface area contributed by atoms with Gasteiger partial charge in [0.2, 0.25) is 5.91 Å². The molecular formula is C24H23N3O6. The van der Waals surface area contributed by atoms with Crippen molar-refractivity contribution in [2.75, 3.05) is 26.2 Å². The number of rotatable bonds is 6. The Hall–Kier alpha value is -4.01. The summed E-state index contributed by atoms with van der Waals surface area (Å²) in [6, 6.07) is 13.6. The van der Waals surface area contributed by atoms with Crippen molar-refractivity contribution in [3.05, 3.63) is 71.3 Å². The summed E-state index contributed by atoms with van der Waals surface area (Å²) in [4.78, 5) is 66.4. The molecule has 0 radical (unpaired) electrons. The Labute approximate surface area is 190 Å². The zero-order chi connectivity index (χ0) is 23.5. The minimum absolute atomic E-state index is 0.0979. The van der Waals surface area contributed by atoms with Gasteiger partial charge in [-0.2, -0.15) is 0 Å². The molecule has 2 heterocycles. The number of fused-ring (bicyclic) bond motifs is 1. The lowest BCUT2D eigenvalue weighted by molar-refractivity contribution is -0.142. The highest BCUT2D eigenvalue weighted by atomic mass is 16.4. The van der Waals surface area contributed by atoms with Crippen LogP contribution >= 0.6 is 0 Å². The summed E-state index contributed by atoms with van der Waals surface area (Å²) in [5.41, 5.74) is 0.918. The predicted molar refractivity (Wildman–Crippen MR) is 117 cm³/mol.